The molecule has 3 N–H and O–H groups in total. The SMILES string of the molecule is NC(=O)O[C@H]1c2c(F)cccc2CC[C@H]1O. The van der Waals surface area contributed by atoms with Crippen molar-refractivity contribution in [3.63, 3.8) is 0 Å². The van der Waals surface area contributed by atoms with Gasteiger partial charge in [0.25, 0.3) is 0 Å². The number of ether oxygens (including phenoxy) is 1. The molecule has 2 rings (SSSR count). The zero-order valence-corrected chi connectivity index (χ0v) is 8.52. The molecule has 0 heterocycles. The van der Waals surface area contributed by atoms with Crippen molar-refractivity contribution in [3.05, 3.63) is 35.1 Å². The molecule has 0 fully saturated rings. The molecule has 0 saturated carbocycles. The third-order valence-corrected chi connectivity index (χ3v) is 2.73. The Balaban J connectivity index is 2.42. The average molecular weight is 225 g/mol. The molecule has 86 valence electrons. The van der Waals surface area contributed by atoms with Gasteiger partial charge >= 0.3 is 6.09 Å². The van der Waals surface area contributed by atoms with Crippen molar-refractivity contribution in [1.29, 1.82) is 0 Å². The van der Waals surface area contributed by atoms with E-state index in [2.05, 4.69) is 0 Å². The second-order valence-corrected chi connectivity index (χ2v) is 3.78. The highest BCUT2D eigenvalue weighted by Crippen LogP contribution is 2.34. The molecule has 0 unspecified atom stereocenters. The third-order valence-electron chi connectivity index (χ3n) is 2.73. The Morgan fingerprint density at radius 2 is 2.31 bits per heavy atom. The van der Waals surface area contributed by atoms with Crippen LogP contribution >= 0.6 is 0 Å². The Kier molecular flexibility index (Phi) is 2.78. The lowest BCUT2D eigenvalue weighted by Gasteiger charge is -2.29. The quantitative estimate of drug-likeness (QED) is 0.755. The van der Waals surface area contributed by atoms with Gasteiger partial charge < -0.3 is 15.6 Å². The van der Waals surface area contributed by atoms with Crippen molar-refractivity contribution < 1.29 is 19.0 Å². The molecule has 1 aliphatic rings. The van der Waals surface area contributed by atoms with Crippen LogP contribution in [0.15, 0.2) is 18.2 Å². The summed E-state index contributed by atoms with van der Waals surface area (Å²) in [6.07, 6.45) is -1.93. The second kappa shape index (κ2) is 4.09. The number of benzene rings is 1. The fraction of sp³-hybridized carbons (Fsp3) is 0.364. The van der Waals surface area contributed by atoms with Gasteiger partial charge in [0.1, 0.15) is 5.82 Å². The maximum absolute atomic E-state index is 13.6. The van der Waals surface area contributed by atoms with Crippen LogP contribution in [0.3, 0.4) is 0 Å². The maximum Gasteiger partial charge on any atom is 0.405 e. The van der Waals surface area contributed by atoms with Gasteiger partial charge in [-0.2, -0.15) is 0 Å². The van der Waals surface area contributed by atoms with Crippen LogP contribution in [0.5, 0.6) is 0 Å². The summed E-state index contributed by atoms with van der Waals surface area (Å²) >= 11 is 0. The first-order valence-electron chi connectivity index (χ1n) is 5.01. The highest BCUT2D eigenvalue weighted by atomic mass is 19.1. The van der Waals surface area contributed by atoms with Crippen molar-refractivity contribution in [3.8, 4) is 0 Å². The monoisotopic (exact) mass is 225 g/mol. The van der Waals surface area contributed by atoms with Gasteiger partial charge in [0.15, 0.2) is 6.10 Å². The molecule has 1 aromatic carbocycles. The normalized spacial score (nSPS) is 23.6. The van der Waals surface area contributed by atoms with Crippen molar-refractivity contribution >= 4 is 6.09 Å². The number of hydrogen-bond donors (Lipinski definition) is 2. The first-order chi connectivity index (χ1) is 7.59. The van der Waals surface area contributed by atoms with Crippen LogP contribution < -0.4 is 5.73 Å². The van der Waals surface area contributed by atoms with E-state index in [0.717, 1.165) is 5.56 Å². The number of carbonyl (C=O) groups is 1. The highest BCUT2D eigenvalue weighted by Gasteiger charge is 2.33. The summed E-state index contributed by atoms with van der Waals surface area (Å²) in [7, 11) is 0. The number of halogens is 1. The van der Waals surface area contributed by atoms with Gasteiger partial charge in [0.2, 0.25) is 0 Å². The third kappa shape index (κ3) is 1.86. The number of carbonyl (C=O) groups excluding carboxylic acids is 1. The van der Waals surface area contributed by atoms with E-state index in [-0.39, 0.29) is 5.56 Å². The number of fused-ring (bicyclic) bond motifs is 1. The van der Waals surface area contributed by atoms with Gasteiger partial charge in [-0.15, -0.1) is 0 Å². The molecule has 16 heavy (non-hydrogen) atoms. The molecule has 4 nitrogen and oxygen atoms in total. The molecule has 0 aromatic heterocycles. The number of primary amides is 1. The van der Waals surface area contributed by atoms with Gasteiger partial charge in [-0.05, 0) is 24.5 Å². The van der Waals surface area contributed by atoms with Gasteiger partial charge in [0.05, 0.1) is 6.10 Å². The first kappa shape index (κ1) is 10.9. The van der Waals surface area contributed by atoms with Crippen LogP contribution in [0.2, 0.25) is 0 Å². The molecular formula is C11H12FNO3. The molecule has 1 amide bonds. The average Bonchev–Trinajstić information content (AvgIpc) is 2.22. The summed E-state index contributed by atoms with van der Waals surface area (Å²) in [6, 6.07) is 4.61. The molecule has 2 atom stereocenters. The largest absolute Gasteiger partial charge is 0.439 e. The Morgan fingerprint density at radius 1 is 1.56 bits per heavy atom. The van der Waals surface area contributed by atoms with E-state index in [0.29, 0.717) is 12.8 Å². The molecule has 5 heteroatoms. The molecule has 1 aromatic rings. The van der Waals surface area contributed by atoms with E-state index in [4.69, 9.17) is 10.5 Å². The number of amides is 1. The topological polar surface area (TPSA) is 72.6 Å². The minimum absolute atomic E-state index is 0.236. The van der Waals surface area contributed by atoms with E-state index in [1.165, 1.54) is 6.07 Å². The Morgan fingerprint density at radius 3 is 3.00 bits per heavy atom. The van der Waals surface area contributed by atoms with Crippen LogP contribution in [-0.4, -0.2) is 17.3 Å². The van der Waals surface area contributed by atoms with Crippen molar-refractivity contribution in [2.45, 2.75) is 25.0 Å². The fourth-order valence-electron chi connectivity index (χ4n) is 2.03. The molecule has 0 bridgehead atoms. The minimum atomic E-state index is -1.01. The first-order valence-corrected chi connectivity index (χ1v) is 5.01. The predicted molar refractivity (Wildman–Crippen MR) is 54.1 cm³/mol. The number of aliphatic hydroxyl groups excluding tert-OH is 1. The van der Waals surface area contributed by atoms with Crippen LogP contribution in [-0.2, 0) is 11.2 Å². The molecule has 0 spiro atoms. The molecular weight excluding hydrogens is 213 g/mol. The Bertz CT molecular complexity index is 422. The lowest BCUT2D eigenvalue weighted by Crippen LogP contribution is -2.31. The summed E-state index contributed by atoms with van der Waals surface area (Å²) in [4.78, 5) is 10.7. The second-order valence-electron chi connectivity index (χ2n) is 3.78. The number of rotatable bonds is 1. The lowest BCUT2D eigenvalue weighted by molar-refractivity contribution is -0.00708. The lowest BCUT2D eigenvalue weighted by atomic mass is 9.87. The smallest absolute Gasteiger partial charge is 0.405 e. The standard InChI is InChI=1S/C11H12FNO3/c12-7-3-1-2-6-4-5-8(14)10(9(6)7)16-11(13)15/h1-3,8,10,14H,4-5H2,(H2,13,15)/t8-,10-/m1/s1. The van der Waals surface area contributed by atoms with Gasteiger partial charge in [-0.25, -0.2) is 9.18 Å². The number of aliphatic hydroxyl groups is 1. The van der Waals surface area contributed by atoms with Crippen molar-refractivity contribution in [1.82, 2.24) is 0 Å². The van der Waals surface area contributed by atoms with Crippen LogP contribution in [0.1, 0.15) is 23.7 Å². The van der Waals surface area contributed by atoms with E-state index >= 15 is 0 Å². The summed E-state index contributed by atoms with van der Waals surface area (Å²) in [5, 5.41) is 9.69. The molecule has 0 radical (unpaired) electrons. The molecule has 0 saturated heterocycles. The number of aryl methyl sites for hydroxylation is 1. The summed E-state index contributed by atoms with van der Waals surface area (Å²) in [6.45, 7) is 0. The van der Waals surface area contributed by atoms with E-state index in [1.807, 2.05) is 0 Å². The summed E-state index contributed by atoms with van der Waals surface area (Å²) in [5.41, 5.74) is 5.88. The molecule has 0 aliphatic heterocycles. The van der Waals surface area contributed by atoms with E-state index < -0.39 is 24.1 Å². The van der Waals surface area contributed by atoms with E-state index in [1.54, 1.807) is 12.1 Å². The maximum atomic E-state index is 13.6. The number of nitrogens with two attached hydrogens (primary N) is 1. The predicted octanol–water partition coefficient (Wildman–Crippen LogP) is 1.27. The van der Waals surface area contributed by atoms with E-state index in [9.17, 15) is 14.3 Å². The van der Waals surface area contributed by atoms with Crippen LogP contribution in [0.4, 0.5) is 9.18 Å². The molecule has 1 aliphatic carbocycles. The summed E-state index contributed by atoms with van der Waals surface area (Å²) in [5.74, 6) is -0.484. The highest BCUT2D eigenvalue weighted by molar-refractivity contribution is 5.65. The van der Waals surface area contributed by atoms with Gasteiger partial charge in [-0.3, -0.25) is 0 Å². The number of hydrogen-bond acceptors (Lipinski definition) is 3. The van der Waals surface area contributed by atoms with Crippen molar-refractivity contribution in [2.75, 3.05) is 0 Å². The Labute approximate surface area is 91.8 Å². The minimum Gasteiger partial charge on any atom is -0.439 e. The Hall–Kier alpha value is -1.62. The summed E-state index contributed by atoms with van der Waals surface area (Å²) < 4.78 is 18.4. The van der Waals surface area contributed by atoms with Crippen LogP contribution in [0.25, 0.3) is 0 Å². The van der Waals surface area contributed by atoms with Gasteiger partial charge in [0, 0.05) is 5.56 Å². The van der Waals surface area contributed by atoms with Crippen LogP contribution in [0, 0.1) is 5.82 Å². The zero-order valence-electron chi connectivity index (χ0n) is 8.52. The fourth-order valence-corrected chi connectivity index (χ4v) is 2.03. The zero-order chi connectivity index (χ0) is 11.7. The van der Waals surface area contributed by atoms with Crippen molar-refractivity contribution in [2.24, 2.45) is 5.73 Å². The van der Waals surface area contributed by atoms with Gasteiger partial charge in [-0.1, -0.05) is 12.1 Å².